The Morgan fingerprint density at radius 2 is 2.17 bits per heavy atom. The zero-order valence-electron chi connectivity index (χ0n) is 14.9. The van der Waals surface area contributed by atoms with Crippen LogP contribution in [0.3, 0.4) is 0 Å². The van der Waals surface area contributed by atoms with Gasteiger partial charge in [-0.1, -0.05) is 18.2 Å². The molecule has 3 rings (SSSR count). The lowest BCUT2D eigenvalue weighted by Crippen LogP contribution is -2.32. The second kappa shape index (κ2) is 7.81. The molecule has 1 aliphatic heterocycles. The Kier molecular flexibility index (Phi) is 5.53. The molecule has 5 heteroatoms. The van der Waals surface area contributed by atoms with Crippen LogP contribution < -0.4 is 4.74 Å². The maximum atomic E-state index is 5.86. The maximum absolute atomic E-state index is 5.86. The molecule has 1 saturated heterocycles. The molecule has 0 aliphatic carbocycles. The summed E-state index contributed by atoms with van der Waals surface area (Å²) >= 11 is 0. The van der Waals surface area contributed by atoms with Crippen molar-refractivity contribution < 1.29 is 9.47 Å². The molecule has 1 aromatic heterocycles. The largest absolute Gasteiger partial charge is 0.496 e. The van der Waals surface area contributed by atoms with E-state index in [1.165, 1.54) is 11.3 Å². The van der Waals surface area contributed by atoms with E-state index in [0.29, 0.717) is 6.10 Å². The monoisotopic (exact) mass is 329 g/mol. The number of hydrogen-bond acceptors (Lipinski definition) is 4. The second-order valence-corrected chi connectivity index (χ2v) is 6.47. The van der Waals surface area contributed by atoms with Gasteiger partial charge in [0.1, 0.15) is 11.6 Å². The zero-order valence-corrected chi connectivity index (χ0v) is 14.9. The summed E-state index contributed by atoms with van der Waals surface area (Å²) in [6.45, 7) is 5.55. The molecule has 2 heterocycles. The van der Waals surface area contributed by atoms with Crippen molar-refractivity contribution >= 4 is 0 Å². The summed E-state index contributed by atoms with van der Waals surface area (Å²) in [7, 11) is 3.80. The van der Waals surface area contributed by atoms with E-state index in [4.69, 9.17) is 9.47 Å². The van der Waals surface area contributed by atoms with E-state index in [-0.39, 0.29) is 0 Å². The molecule has 0 unspecified atom stereocenters. The highest BCUT2D eigenvalue weighted by Gasteiger charge is 2.21. The van der Waals surface area contributed by atoms with Gasteiger partial charge in [0.15, 0.2) is 0 Å². The van der Waals surface area contributed by atoms with Crippen molar-refractivity contribution in [3.05, 3.63) is 47.5 Å². The summed E-state index contributed by atoms with van der Waals surface area (Å²) in [6.07, 6.45) is 4.61. The predicted octanol–water partition coefficient (Wildman–Crippen LogP) is 2.92. The molecule has 0 bridgehead atoms. The molecular weight excluding hydrogens is 302 g/mol. The Bertz CT molecular complexity index is 662. The van der Waals surface area contributed by atoms with Gasteiger partial charge in [0.2, 0.25) is 0 Å². The lowest BCUT2D eigenvalue weighted by Gasteiger charge is -2.26. The van der Waals surface area contributed by atoms with Crippen LogP contribution in [0.1, 0.15) is 29.9 Å². The minimum atomic E-state index is 0.328. The van der Waals surface area contributed by atoms with Crippen molar-refractivity contribution in [1.29, 1.82) is 0 Å². The van der Waals surface area contributed by atoms with Crippen LogP contribution in [0, 0.1) is 6.92 Å². The summed E-state index contributed by atoms with van der Waals surface area (Å²) in [5.74, 6) is 1.98. The second-order valence-electron chi connectivity index (χ2n) is 6.47. The number of imidazole rings is 1. The Hall–Kier alpha value is -1.85. The fourth-order valence-corrected chi connectivity index (χ4v) is 3.26. The van der Waals surface area contributed by atoms with Gasteiger partial charge in [-0.2, -0.15) is 0 Å². The van der Waals surface area contributed by atoms with Gasteiger partial charge in [0.25, 0.3) is 0 Å². The van der Waals surface area contributed by atoms with Crippen LogP contribution in [-0.4, -0.2) is 40.8 Å². The molecule has 1 aromatic carbocycles. The van der Waals surface area contributed by atoms with Crippen LogP contribution in [0.15, 0.2) is 30.5 Å². The molecule has 1 fully saturated rings. The number of hydrogen-bond donors (Lipinski definition) is 0. The highest BCUT2D eigenvalue weighted by atomic mass is 16.5. The summed E-state index contributed by atoms with van der Waals surface area (Å²) in [5.41, 5.74) is 2.43. The van der Waals surface area contributed by atoms with Gasteiger partial charge in [-0.15, -0.1) is 0 Å². The molecule has 130 valence electrons. The number of nitrogens with zero attached hydrogens (tertiary/aromatic N) is 3. The normalized spacial score (nSPS) is 17.6. The number of ether oxygens (including phenoxy) is 2. The Labute approximate surface area is 144 Å². The molecule has 2 aromatic rings. The Balaban J connectivity index is 1.77. The molecule has 0 spiro atoms. The number of para-hydroxylation sites is 1. The molecule has 1 aliphatic rings. The summed E-state index contributed by atoms with van der Waals surface area (Å²) in [5, 5.41) is 0. The van der Waals surface area contributed by atoms with Gasteiger partial charge in [-0.05, 0) is 25.8 Å². The number of rotatable bonds is 7. The number of aryl methyl sites for hydroxylation is 1. The third-order valence-electron chi connectivity index (χ3n) is 4.77. The molecule has 0 saturated carbocycles. The first-order valence-electron chi connectivity index (χ1n) is 8.60. The van der Waals surface area contributed by atoms with E-state index in [0.717, 1.165) is 50.7 Å². The van der Waals surface area contributed by atoms with E-state index < -0.39 is 0 Å². The van der Waals surface area contributed by atoms with Crippen molar-refractivity contribution in [3.8, 4) is 5.75 Å². The quantitative estimate of drug-likeness (QED) is 0.783. The number of methoxy groups -OCH3 is 1. The summed E-state index contributed by atoms with van der Waals surface area (Å²) < 4.78 is 13.5. The van der Waals surface area contributed by atoms with E-state index in [9.17, 15) is 0 Å². The fraction of sp³-hybridized carbons (Fsp3) is 0.526. The molecule has 5 nitrogen and oxygen atoms in total. The van der Waals surface area contributed by atoms with Gasteiger partial charge in [0.05, 0.1) is 18.9 Å². The molecule has 1 atom stereocenters. The van der Waals surface area contributed by atoms with Gasteiger partial charge in [-0.25, -0.2) is 4.98 Å². The number of benzene rings is 1. The molecule has 0 N–H and O–H groups in total. The number of aromatic nitrogens is 2. The highest BCUT2D eigenvalue weighted by molar-refractivity contribution is 5.33. The van der Waals surface area contributed by atoms with Crippen LogP contribution in [0.25, 0.3) is 0 Å². The third-order valence-corrected chi connectivity index (χ3v) is 4.77. The van der Waals surface area contributed by atoms with Crippen molar-refractivity contribution in [2.24, 2.45) is 7.05 Å². The van der Waals surface area contributed by atoms with E-state index in [2.05, 4.69) is 33.6 Å². The molecule has 0 radical (unpaired) electrons. The van der Waals surface area contributed by atoms with Crippen molar-refractivity contribution in [2.75, 3.05) is 20.3 Å². The average molecular weight is 329 g/mol. The molecule has 24 heavy (non-hydrogen) atoms. The van der Waals surface area contributed by atoms with Crippen LogP contribution in [0.5, 0.6) is 5.75 Å². The summed E-state index contributed by atoms with van der Waals surface area (Å²) in [6, 6.07) is 8.23. The average Bonchev–Trinajstić information content (AvgIpc) is 3.21. The van der Waals surface area contributed by atoms with Gasteiger partial charge < -0.3 is 14.0 Å². The minimum Gasteiger partial charge on any atom is -0.496 e. The molecule has 0 amide bonds. The Morgan fingerprint density at radius 3 is 2.83 bits per heavy atom. The molecular formula is C19H27N3O2. The van der Waals surface area contributed by atoms with Crippen LogP contribution >= 0.6 is 0 Å². The summed E-state index contributed by atoms with van der Waals surface area (Å²) in [4.78, 5) is 6.86. The van der Waals surface area contributed by atoms with Gasteiger partial charge in [-0.3, -0.25) is 4.90 Å². The van der Waals surface area contributed by atoms with Gasteiger partial charge in [0, 0.05) is 45.0 Å². The fourth-order valence-electron chi connectivity index (χ4n) is 3.26. The standard InChI is InChI=1S/C19H27N3O2/c1-15-20-11-17(21(15)2)13-22(14-18-8-6-10-24-18)12-16-7-4-5-9-19(16)23-3/h4-5,7,9,11,18H,6,8,10,12-14H2,1-3H3/t18-/m0/s1. The first-order valence-corrected chi connectivity index (χ1v) is 8.60. The predicted molar refractivity (Wildman–Crippen MR) is 94.0 cm³/mol. The maximum Gasteiger partial charge on any atom is 0.123 e. The smallest absolute Gasteiger partial charge is 0.123 e. The van der Waals surface area contributed by atoms with E-state index in [1.807, 2.05) is 25.3 Å². The third kappa shape index (κ3) is 3.97. The van der Waals surface area contributed by atoms with Crippen LogP contribution in [-0.2, 0) is 24.9 Å². The van der Waals surface area contributed by atoms with Gasteiger partial charge >= 0.3 is 0 Å². The first kappa shape index (κ1) is 17.0. The Morgan fingerprint density at radius 1 is 1.33 bits per heavy atom. The van der Waals surface area contributed by atoms with Crippen molar-refractivity contribution in [2.45, 2.75) is 39.0 Å². The van der Waals surface area contributed by atoms with Crippen molar-refractivity contribution in [1.82, 2.24) is 14.5 Å². The lowest BCUT2D eigenvalue weighted by molar-refractivity contribution is 0.0669. The van der Waals surface area contributed by atoms with Crippen molar-refractivity contribution in [3.63, 3.8) is 0 Å². The lowest BCUT2D eigenvalue weighted by atomic mass is 10.1. The highest BCUT2D eigenvalue weighted by Crippen LogP contribution is 2.22. The zero-order chi connectivity index (χ0) is 16.9. The first-order chi connectivity index (χ1) is 11.7. The minimum absolute atomic E-state index is 0.328. The topological polar surface area (TPSA) is 39.5 Å². The SMILES string of the molecule is COc1ccccc1CN(Cc1cnc(C)n1C)C[C@@H]1CCCO1. The van der Waals surface area contributed by atoms with Crippen LogP contribution in [0.4, 0.5) is 0 Å². The van der Waals surface area contributed by atoms with E-state index >= 15 is 0 Å². The van der Waals surface area contributed by atoms with Crippen LogP contribution in [0.2, 0.25) is 0 Å². The van der Waals surface area contributed by atoms with E-state index in [1.54, 1.807) is 7.11 Å².